The van der Waals surface area contributed by atoms with Crippen molar-refractivity contribution in [2.75, 3.05) is 13.1 Å². The van der Waals surface area contributed by atoms with E-state index in [1.165, 1.54) is 5.69 Å². The standard InChI is InChI=1S/C14H22BrN3O2/c1-3-11-14(15)12(18(4-2)16-11)9-17-6-5-10(8-17)7-13(19)20/h10H,3-9H2,1-2H3,(H,19,20). The zero-order valence-corrected chi connectivity index (χ0v) is 13.7. The maximum Gasteiger partial charge on any atom is 0.303 e. The highest BCUT2D eigenvalue weighted by Crippen LogP contribution is 2.27. The largest absolute Gasteiger partial charge is 0.481 e. The molecule has 0 radical (unpaired) electrons. The highest BCUT2D eigenvalue weighted by molar-refractivity contribution is 9.10. The molecule has 6 heteroatoms. The van der Waals surface area contributed by atoms with Gasteiger partial charge in [0.15, 0.2) is 0 Å². The number of carboxylic acid groups (broad SMARTS) is 1. The number of hydrogen-bond donors (Lipinski definition) is 1. The molecule has 1 aliphatic heterocycles. The lowest BCUT2D eigenvalue weighted by atomic mass is 10.1. The van der Waals surface area contributed by atoms with Crippen molar-refractivity contribution < 1.29 is 9.90 Å². The predicted octanol–water partition coefficient (Wildman–Crippen LogP) is 2.52. The third-order valence-corrected chi connectivity index (χ3v) is 4.82. The number of aliphatic carboxylic acids is 1. The molecule has 0 spiro atoms. The third-order valence-electron chi connectivity index (χ3n) is 3.90. The summed E-state index contributed by atoms with van der Waals surface area (Å²) in [5.41, 5.74) is 2.31. The molecule has 1 unspecified atom stereocenters. The summed E-state index contributed by atoms with van der Waals surface area (Å²) in [7, 11) is 0. The maximum absolute atomic E-state index is 10.8. The monoisotopic (exact) mass is 343 g/mol. The van der Waals surface area contributed by atoms with Crippen molar-refractivity contribution in [3.8, 4) is 0 Å². The molecule has 1 N–H and O–H groups in total. The molecule has 112 valence electrons. The van der Waals surface area contributed by atoms with Crippen molar-refractivity contribution in [3.63, 3.8) is 0 Å². The molecule has 0 amide bonds. The van der Waals surface area contributed by atoms with Gasteiger partial charge >= 0.3 is 5.97 Å². The van der Waals surface area contributed by atoms with Gasteiger partial charge in [-0.25, -0.2) is 0 Å². The summed E-state index contributed by atoms with van der Waals surface area (Å²) in [5.74, 6) is -0.403. The van der Waals surface area contributed by atoms with Gasteiger partial charge < -0.3 is 5.11 Å². The van der Waals surface area contributed by atoms with Crippen molar-refractivity contribution in [1.82, 2.24) is 14.7 Å². The van der Waals surface area contributed by atoms with Crippen molar-refractivity contribution in [2.24, 2.45) is 5.92 Å². The fourth-order valence-electron chi connectivity index (χ4n) is 2.85. The molecule has 20 heavy (non-hydrogen) atoms. The summed E-state index contributed by atoms with van der Waals surface area (Å²) < 4.78 is 3.16. The van der Waals surface area contributed by atoms with Gasteiger partial charge in [0.1, 0.15) is 0 Å². The zero-order valence-electron chi connectivity index (χ0n) is 12.1. The van der Waals surface area contributed by atoms with E-state index in [1.807, 2.05) is 4.68 Å². The molecule has 0 bridgehead atoms. The molecular weight excluding hydrogens is 322 g/mol. The molecule has 0 saturated carbocycles. The van der Waals surface area contributed by atoms with E-state index in [1.54, 1.807) is 0 Å². The van der Waals surface area contributed by atoms with Crippen LogP contribution in [0.15, 0.2) is 4.47 Å². The molecule has 2 heterocycles. The van der Waals surface area contributed by atoms with Crippen LogP contribution in [0.1, 0.15) is 38.1 Å². The van der Waals surface area contributed by atoms with Crippen molar-refractivity contribution >= 4 is 21.9 Å². The second-order valence-corrected chi connectivity index (χ2v) is 6.16. The minimum atomic E-state index is -0.690. The van der Waals surface area contributed by atoms with Gasteiger partial charge in [-0.2, -0.15) is 5.10 Å². The van der Waals surface area contributed by atoms with Crippen molar-refractivity contribution in [3.05, 3.63) is 15.9 Å². The van der Waals surface area contributed by atoms with E-state index in [-0.39, 0.29) is 12.3 Å². The van der Waals surface area contributed by atoms with Crippen LogP contribution in [0.5, 0.6) is 0 Å². The molecule has 1 fully saturated rings. The van der Waals surface area contributed by atoms with E-state index in [0.717, 1.165) is 49.2 Å². The third kappa shape index (κ3) is 3.41. The molecule has 1 saturated heterocycles. The van der Waals surface area contributed by atoms with Gasteiger partial charge in [-0.15, -0.1) is 0 Å². The van der Waals surface area contributed by atoms with Crippen LogP contribution in [-0.2, 0) is 24.3 Å². The Labute approximate surface area is 128 Å². The van der Waals surface area contributed by atoms with Crippen LogP contribution in [0.25, 0.3) is 0 Å². The number of halogens is 1. The molecule has 2 rings (SSSR count). The van der Waals surface area contributed by atoms with Gasteiger partial charge in [0.2, 0.25) is 0 Å². The van der Waals surface area contributed by atoms with Gasteiger partial charge in [-0.3, -0.25) is 14.4 Å². The molecule has 1 aromatic rings. The lowest BCUT2D eigenvalue weighted by Crippen LogP contribution is -2.23. The van der Waals surface area contributed by atoms with Gasteiger partial charge in [0.05, 0.1) is 15.9 Å². The highest BCUT2D eigenvalue weighted by Gasteiger charge is 2.26. The number of aromatic nitrogens is 2. The van der Waals surface area contributed by atoms with Crippen LogP contribution in [0.2, 0.25) is 0 Å². The number of likely N-dealkylation sites (tertiary alicyclic amines) is 1. The molecule has 5 nitrogen and oxygen atoms in total. The Kier molecular flexibility index (Phi) is 5.21. The average Bonchev–Trinajstić information content (AvgIpc) is 2.95. The topological polar surface area (TPSA) is 58.4 Å². The van der Waals surface area contributed by atoms with Gasteiger partial charge in [-0.05, 0) is 48.2 Å². The number of carbonyl (C=O) groups is 1. The van der Waals surface area contributed by atoms with Gasteiger partial charge in [0, 0.05) is 26.1 Å². The molecule has 1 aromatic heterocycles. The Hall–Kier alpha value is -0.880. The van der Waals surface area contributed by atoms with E-state index >= 15 is 0 Å². The van der Waals surface area contributed by atoms with Crippen molar-refractivity contribution in [2.45, 2.75) is 46.2 Å². The number of aryl methyl sites for hydroxylation is 2. The van der Waals surface area contributed by atoms with E-state index in [9.17, 15) is 4.79 Å². The van der Waals surface area contributed by atoms with Crippen LogP contribution in [0, 0.1) is 5.92 Å². The van der Waals surface area contributed by atoms with Gasteiger partial charge in [0.25, 0.3) is 0 Å². The smallest absolute Gasteiger partial charge is 0.303 e. The van der Waals surface area contributed by atoms with E-state index < -0.39 is 5.97 Å². The first kappa shape index (κ1) is 15.5. The number of carboxylic acids is 1. The van der Waals surface area contributed by atoms with Gasteiger partial charge in [-0.1, -0.05) is 6.92 Å². The number of nitrogens with zero attached hydrogens (tertiary/aromatic N) is 3. The fourth-order valence-corrected chi connectivity index (χ4v) is 3.54. The number of rotatable bonds is 6. The van der Waals surface area contributed by atoms with E-state index in [4.69, 9.17) is 5.11 Å². The highest BCUT2D eigenvalue weighted by atomic mass is 79.9. The Bertz CT molecular complexity index is 487. The summed E-state index contributed by atoms with van der Waals surface area (Å²) in [5, 5.41) is 13.5. The molecule has 0 aromatic carbocycles. The molecular formula is C14H22BrN3O2. The minimum Gasteiger partial charge on any atom is -0.481 e. The SMILES string of the molecule is CCc1nn(CC)c(CN2CCC(CC(=O)O)C2)c1Br. The maximum atomic E-state index is 10.8. The lowest BCUT2D eigenvalue weighted by molar-refractivity contribution is -0.138. The summed E-state index contributed by atoms with van der Waals surface area (Å²) >= 11 is 3.66. The minimum absolute atomic E-state index is 0.283. The lowest BCUT2D eigenvalue weighted by Gasteiger charge is -2.16. The zero-order chi connectivity index (χ0) is 14.7. The summed E-state index contributed by atoms with van der Waals surface area (Å²) in [6, 6.07) is 0. The first-order valence-electron chi connectivity index (χ1n) is 7.23. The normalized spacial score (nSPS) is 19.6. The molecule has 0 aliphatic carbocycles. The number of hydrogen-bond acceptors (Lipinski definition) is 3. The van der Waals surface area contributed by atoms with Crippen LogP contribution in [0.4, 0.5) is 0 Å². The Balaban J connectivity index is 2.04. The molecule has 1 aliphatic rings. The summed E-state index contributed by atoms with van der Waals surface area (Å²) in [6.07, 6.45) is 2.18. The molecule has 1 atom stereocenters. The van der Waals surface area contributed by atoms with Crippen LogP contribution in [-0.4, -0.2) is 38.8 Å². The van der Waals surface area contributed by atoms with Crippen LogP contribution < -0.4 is 0 Å². The second kappa shape index (κ2) is 6.72. The predicted molar refractivity (Wildman–Crippen MR) is 80.6 cm³/mol. The van der Waals surface area contributed by atoms with E-state index in [0.29, 0.717) is 0 Å². The Morgan fingerprint density at radius 3 is 2.85 bits per heavy atom. The summed E-state index contributed by atoms with van der Waals surface area (Å²) in [6.45, 7) is 7.75. The first-order chi connectivity index (χ1) is 9.55. The first-order valence-corrected chi connectivity index (χ1v) is 8.02. The van der Waals surface area contributed by atoms with Crippen molar-refractivity contribution in [1.29, 1.82) is 0 Å². The fraction of sp³-hybridized carbons (Fsp3) is 0.714. The summed E-state index contributed by atoms with van der Waals surface area (Å²) in [4.78, 5) is 13.1. The Morgan fingerprint density at radius 1 is 1.50 bits per heavy atom. The Morgan fingerprint density at radius 2 is 2.25 bits per heavy atom. The van der Waals surface area contributed by atoms with Crippen LogP contribution in [0.3, 0.4) is 0 Å². The van der Waals surface area contributed by atoms with Crippen LogP contribution >= 0.6 is 15.9 Å². The van der Waals surface area contributed by atoms with E-state index in [2.05, 4.69) is 39.8 Å². The average molecular weight is 344 g/mol. The quantitative estimate of drug-likeness (QED) is 0.862. The second-order valence-electron chi connectivity index (χ2n) is 5.36.